The fraction of sp³-hybridized carbons (Fsp3) is 0.263. The van der Waals surface area contributed by atoms with Crippen LogP contribution in [0.25, 0.3) is 0 Å². The lowest BCUT2D eigenvalue weighted by Gasteiger charge is -2.30. The van der Waals surface area contributed by atoms with Gasteiger partial charge in [-0.1, -0.05) is 42.5 Å². The fourth-order valence-corrected chi connectivity index (χ4v) is 2.63. The van der Waals surface area contributed by atoms with Gasteiger partial charge in [0.25, 0.3) is 5.91 Å². The van der Waals surface area contributed by atoms with Crippen LogP contribution in [0.2, 0.25) is 0 Å². The molecule has 2 aromatic carbocycles. The van der Waals surface area contributed by atoms with Crippen LogP contribution in [0.5, 0.6) is 5.75 Å². The number of rotatable bonds is 4. The number of hydrogen-bond donors (Lipinski definition) is 0. The van der Waals surface area contributed by atoms with E-state index in [0.29, 0.717) is 37.6 Å². The molecular formula is C19H18N2O3. The molecule has 24 heavy (non-hydrogen) atoms. The zero-order valence-corrected chi connectivity index (χ0v) is 13.2. The van der Waals surface area contributed by atoms with Gasteiger partial charge in [0, 0.05) is 18.7 Å². The highest BCUT2D eigenvalue weighted by Crippen LogP contribution is 2.27. The van der Waals surface area contributed by atoms with E-state index in [4.69, 9.17) is 9.47 Å². The van der Waals surface area contributed by atoms with E-state index in [9.17, 15) is 10.1 Å². The summed E-state index contributed by atoms with van der Waals surface area (Å²) in [7, 11) is 0. The predicted molar refractivity (Wildman–Crippen MR) is 88.4 cm³/mol. The van der Waals surface area contributed by atoms with Gasteiger partial charge in [-0.3, -0.25) is 4.79 Å². The van der Waals surface area contributed by atoms with E-state index >= 15 is 0 Å². The van der Waals surface area contributed by atoms with Gasteiger partial charge >= 0.3 is 0 Å². The highest BCUT2D eigenvalue weighted by Gasteiger charge is 2.29. The minimum absolute atomic E-state index is 0.114. The molecule has 2 aromatic rings. The molecule has 3 rings (SSSR count). The molecule has 1 aliphatic rings. The summed E-state index contributed by atoms with van der Waals surface area (Å²) in [5, 5.41) is 9.25. The van der Waals surface area contributed by atoms with Crippen LogP contribution >= 0.6 is 0 Å². The number of carbonyl (C=O) groups is 1. The first-order chi connectivity index (χ1) is 11.8. The second-order valence-corrected chi connectivity index (χ2v) is 5.45. The van der Waals surface area contributed by atoms with Gasteiger partial charge in [-0.25, -0.2) is 0 Å². The van der Waals surface area contributed by atoms with Gasteiger partial charge < -0.3 is 14.4 Å². The summed E-state index contributed by atoms with van der Waals surface area (Å²) in [6, 6.07) is 18.4. The number of ether oxygens (including phenoxy) is 2. The average Bonchev–Trinajstić information content (AvgIpc) is 2.67. The van der Waals surface area contributed by atoms with Crippen LogP contribution in [0.1, 0.15) is 17.2 Å². The van der Waals surface area contributed by atoms with Crippen molar-refractivity contribution in [3.63, 3.8) is 0 Å². The van der Waals surface area contributed by atoms with Crippen molar-refractivity contribution in [2.24, 2.45) is 0 Å². The second-order valence-electron chi connectivity index (χ2n) is 5.45. The summed E-state index contributed by atoms with van der Waals surface area (Å²) in [5.41, 5.74) is 1.18. The lowest BCUT2D eigenvalue weighted by atomic mass is 10.1. The molecule has 1 saturated heterocycles. The number of amides is 1. The summed E-state index contributed by atoms with van der Waals surface area (Å²) < 4.78 is 11.3. The maximum atomic E-state index is 13.0. The summed E-state index contributed by atoms with van der Waals surface area (Å²) >= 11 is 0. The molecule has 0 radical (unpaired) electrons. The van der Waals surface area contributed by atoms with E-state index in [0.717, 1.165) is 5.56 Å². The summed E-state index contributed by atoms with van der Waals surface area (Å²) in [6.45, 7) is 2.15. The van der Waals surface area contributed by atoms with Crippen molar-refractivity contribution in [1.82, 2.24) is 4.90 Å². The SMILES string of the molecule is N#Cc1ccccc1O[C@H](C(=O)N1CCOCC1)c1ccccc1. The fourth-order valence-electron chi connectivity index (χ4n) is 2.63. The van der Waals surface area contributed by atoms with E-state index < -0.39 is 6.10 Å². The van der Waals surface area contributed by atoms with E-state index in [1.165, 1.54) is 0 Å². The maximum Gasteiger partial charge on any atom is 0.268 e. The van der Waals surface area contributed by atoms with Gasteiger partial charge in [0.05, 0.1) is 18.8 Å². The highest BCUT2D eigenvalue weighted by molar-refractivity contribution is 5.83. The van der Waals surface area contributed by atoms with Gasteiger partial charge in [0.1, 0.15) is 11.8 Å². The molecule has 122 valence electrons. The zero-order chi connectivity index (χ0) is 16.8. The van der Waals surface area contributed by atoms with Crippen molar-refractivity contribution < 1.29 is 14.3 Å². The Kier molecular flexibility index (Phi) is 5.09. The predicted octanol–water partition coefficient (Wildman–Crippen LogP) is 2.54. The van der Waals surface area contributed by atoms with Gasteiger partial charge in [-0.2, -0.15) is 5.26 Å². The van der Waals surface area contributed by atoms with Crippen molar-refractivity contribution in [1.29, 1.82) is 5.26 Å². The molecule has 5 nitrogen and oxygen atoms in total. The van der Waals surface area contributed by atoms with Crippen LogP contribution in [0.15, 0.2) is 54.6 Å². The third-order valence-corrected chi connectivity index (χ3v) is 3.90. The Morgan fingerprint density at radius 2 is 1.75 bits per heavy atom. The van der Waals surface area contributed by atoms with E-state index in [1.807, 2.05) is 30.3 Å². The molecule has 0 bridgehead atoms. The number of benzene rings is 2. The standard InChI is InChI=1S/C19H18N2O3/c20-14-16-8-4-5-9-17(16)24-18(15-6-2-1-3-7-15)19(22)21-10-12-23-13-11-21/h1-9,18H,10-13H2/t18-/m0/s1. The third kappa shape index (κ3) is 3.55. The van der Waals surface area contributed by atoms with Crippen LogP contribution in [0.3, 0.4) is 0 Å². The zero-order valence-electron chi connectivity index (χ0n) is 13.2. The van der Waals surface area contributed by atoms with Crippen molar-refractivity contribution in [3.8, 4) is 11.8 Å². The first-order valence-electron chi connectivity index (χ1n) is 7.87. The number of para-hydroxylation sites is 1. The molecule has 0 N–H and O–H groups in total. The molecule has 0 spiro atoms. The summed E-state index contributed by atoms with van der Waals surface area (Å²) in [6.07, 6.45) is -0.779. The lowest BCUT2D eigenvalue weighted by Crippen LogP contribution is -2.44. The molecular weight excluding hydrogens is 304 g/mol. The normalized spacial score (nSPS) is 15.4. The van der Waals surface area contributed by atoms with E-state index in [2.05, 4.69) is 6.07 Å². The van der Waals surface area contributed by atoms with Gasteiger partial charge in [-0.15, -0.1) is 0 Å². The third-order valence-electron chi connectivity index (χ3n) is 3.90. The van der Waals surface area contributed by atoms with Crippen molar-refractivity contribution in [3.05, 3.63) is 65.7 Å². The molecule has 1 atom stereocenters. The largest absolute Gasteiger partial charge is 0.474 e. The molecule has 1 heterocycles. The van der Waals surface area contributed by atoms with Crippen molar-refractivity contribution >= 4 is 5.91 Å². The first-order valence-corrected chi connectivity index (χ1v) is 7.87. The topological polar surface area (TPSA) is 62.6 Å². The molecule has 0 aromatic heterocycles. The number of nitrogens with zero attached hydrogens (tertiary/aromatic N) is 2. The van der Waals surface area contributed by atoms with E-state index in [-0.39, 0.29) is 5.91 Å². The van der Waals surface area contributed by atoms with E-state index in [1.54, 1.807) is 29.2 Å². The van der Waals surface area contributed by atoms with Gasteiger partial charge in [0.15, 0.2) is 0 Å². The molecule has 0 unspecified atom stereocenters. The molecule has 1 aliphatic heterocycles. The highest BCUT2D eigenvalue weighted by atomic mass is 16.5. The van der Waals surface area contributed by atoms with Crippen LogP contribution in [0.4, 0.5) is 0 Å². The maximum absolute atomic E-state index is 13.0. The molecule has 5 heteroatoms. The van der Waals surface area contributed by atoms with Crippen LogP contribution in [0, 0.1) is 11.3 Å². The Morgan fingerprint density at radius 1 is 1.08 bits per heavy atom. The molecule has 0 saturated carbocycles. The Bertz CT molecular complexity index is 734. The molecule has 1 fully saturated rings. The summed E-state index contributed by atoms with van der Waals surface area (Å²) in [4.78, 5) is 14.7. The average molecular weight is 322 g/mol. The van der Waals surface area contributed by atoms with Crippen LogP contribution in [-0.2, 0) is 9.53 Å². The van der Waals surface area contributed by atoms with Crippen molar-refractivity contribution in [2.45, 2.75) is 6.10 Å². The van der Waals surface area contributed by atoms with Crippen LogP contribution in [-0.4, -0.2) is 37.1 Å². The smallest absolute Gasteiger partial charge is 0.268 e. The Morgan fingerprint density at radius 3 is 2.46 bits per heavy atom. The molecule has 0 aliphatic carbocycles. The number of morpholine rings is 1. The Balaban J connectivity index is 1.90. The minimum Gasteiger partial charge on any atom is -0.474 e. The lowest BCUT2D eigenvalue weighted by molar-refractivity contribution is -0.143. The minimum atomic E-state index is -0.779. The van der Waals surface area contributed by atoms with Gasteiger partial charge in [0.2, 0.25) is 6.10 Å². The van der Waals surface area contributed by atoms with Crippen LogP contribution < -0.4 is 4.74 Å². The first kappa shape index (κ1) is 16.0. The Labute approximate surface area is 141 Å². The number of carbonyl (C=O) groups excluding carboxylic acids is 1. The van der Waals surface area contributed by atoms with Crippen molar-refractivity contribution in [2.75, 3.05) is 26.3 Å². The quantitative estimate of drug-likeness (QED) is 0.868. The molecule has 1 amide bonds. The van der Waals surface area contributed by atoms with Gasteiger partial charge in [-0.05, 0) is 12.1 Å². The number of nitriles is 1. The number of hydrogen-bond acceptors (Lipinski definition) is 4. The second kappa shape index (κ2) is 7.62. The summed E-state index contributed by atoms with van der Waals surface area (Å²) in [5.74, 6) is 0.299. The Hall–Kier alpha value is -2.84. The monoisotopic (exact) mass is 322 g/mol.